The summed E-state index contributed by atoms with van der Waals surface area (Å²) in [5.74, 6) is -2.19. The lowest BCUT2D eigenvalue weighted by molar-refractivity contribution is -0.136. The van der Waals surface area contributed by atoms with Crippen molar-refractivity contribution in [3.05, 3.63) is 94.6 Å². The van der Waals surface area contributed by atoms with Crippen molar-refractivity contribution in [1.82, 2.24) is 19.8 Å². The standard InChI is InChI=1S/C31H36F2N4O3/c1-4-28(38)37(20-30(2,3)39)29(22-6-7-25(32)26(33)15-22)27-8-5-21(16-35-27)18-36-13-10-31(11-14-36)24-17-34-12-9-23(24)19-40-31/h5-9,12,15-17,29,39H,4,10-11,13-14,18-20H2,1-3H3/t29-/m0/s1. The largest absolute Gasteiger partial charge is 0.389 e. The third kappa shape index (κ3) is 5.92. The Kier molecular flexibility index (Phi) is 7.99. The van der Waals surface area contributed by atoms with Gasteiger partial charge in [0.15, 0.2) is 11.6 Å². The highest BCUT2D eigenvalue weighted by Crippen LogP contribution is 2.43. The summed E-state index contributed by atoms with van der Waals surface area (Å²) in [6.07, 6.45) is 7.49. The first kappa shape index (κ1) is 28.3. The molecule has 9 heteroatoms. The van der Waals surface area contributed by atoms with Gasteiger partial charge in [-0.05, 0) is 67.6 Å². The van der Waals surface area contributed by atoms with E-state index in [9.17, 15) is 18.7 Å². The van der Waals surface area contributed by atoms with Crippen LogP contribution in [0.3, 0.4) is 0 Å². The molecule has 2 aliphatic rings. The minimum absolute atomic E-state index is 0.00299. The molecule has 0 unspecified atom stereocenters. The first-order chi connectivity index (χ1) is 19.1. The van der Waals surface area contributed by atoms with Crippen LogP contribution in [0.4, 0.5) is 8.78 Å². The number of ether oxygens (including phenoxy) is 1. The van der Waals surface area contributed by atoms with E-state index in [0.717, 1.165) is 43.6 Å². The van der Waals surface area contributed by atoms with Crippen LogP contribution >= 0.6 is 0 Å². The van der Waals surface area contributed by atoms with Crippen LogP contribution in [0.2, 0.25) is 0 Å². The van der Waals surface area contributed by atoms with Crippen LogP contribution in [0.15, 0.2) is 55.0 Å². The molecule has 2 aliphatic heterocycles. The van der Waals surface area contributed by atoms with Gasteiger partial charge < -0.3 is 14.7 Å². The second kappa shape index (κ2) is 11.3. The number of halogens is 2. The van der Waals surface area contributed by atoms with Crippen molar-refractivity contribution in [2.75, 3.05) is 19.6 Å². The molecule has 1 saturated heterocycles. The normalized spacial score (nSPS) is 17.6. The summed E-state index contributed by atoms with van der Waals surface area (Å²) in [5.41, 5.74) is 2.89. The van der Waals surface area contributed by atoms with Crippen LogP contribution in [-0.2, 0) is 28.3 Å². The van der Waals surface area contributed by atoms with Crippen LogP contribution in [0, 0.1) is 11.6 Å². The fourth-order valence-electron chi connectivity index (χ4n) is 5.82. The molecule has 1 spiro atoms. The second-order valence-corrected chi connectivity index (χ2v) is 11.4. The molecule has 0 bridgehead atoms. The molecule has 1 amide bonds. The Hall–Kier alpha value is -3.27. The maximum absolute atomic E-state index is 14.3. The van der Waals surface area contributed by atoms with Gasteiger partial charge in [-0.15, -0.1) is 0 Å². The van der Waals surface area contributed by atoms with Crippen molar-refractivity contribution in [1.29, 1.82) is 0 Å². The van der Waals surface area contributed by atoms with E-state index in [1.807, 2.05) is 30.6 Å². The summed E-state index contributed by atoms with van der Waals surface area (Å²) >= 11 is 0. The molecule has 4 heterocycles. The number of fused-ring (bicyclic) bond motifs is 2. The van der Waals surface area contributed by atoms with Gasteiger partial charge in [0.25, 0.3) is 0 Å². The summed E-state index contributed by atoms with van der Waals surface area (Å²) in [6.45, 7) is 8.03. The highest BCUT2D eigenvalue weighted by molar-refractivity contribution is 5.77. The number of aliphatic hydroxyl groups is 1. The first-order valence-corrected chi connectivity index (χ1v) is 13.8. The van der Waals surface area contributed by atoms with Crippen LogP contribution in [0.5, 0.6) is 0 Å². The SMILES string of the molecule is CCC(=O)N(CC(C)(C)O)[C@@H](c1ccc(F)c(F)c1)c1ccc(CN2CCC3(CC2)OCc2ccncc23)cn1. The van der Waals surface area contributed by atoms with Gasteiger partial charge in [-0.3, -0.25) is 19.7 Å². The van der Waals surface area contributed by atoms with Crippen molar-refractivity contribution >= 4 is 5.91 Å². The number of piperidine rings is 1. The van der Waals surface area contributed by atoms with Crippen LogP contribution in [0.1, 0.15) is 74.0 Å². The summed E-state index contributed by atoms with van der Waals surface area (Å²) in [4.78, 5) is 25.9. The lowest BCUT2D eigenvalue weighted by Crippen LogP contribution is -2.44. The molecule has 0 radical (unpaired) electrons. The Morgan fingerprint density at radius 3 is 2.58 bits per heavy atom. The molecule has 1 N–H and O–H groups in total. The van der Waals surface area contributed by atoms with E-state index < -0.39 is 23.3 Å². The van der Waals surface area contributed by atoms with Gasteiger partial charge >= 0.3 is 0 Å². The van der Waals surface area contributed by atoms with E-state index >= 15 is 0 Å². The lowest BCUT2D eigenvalue weighted by Gasteiger charge is -2.39. The Morgan fingerprint density at radius 1 is 1.15 bits per heavy atom. The number of hydrogen-bond donors (Lipinski definition) is 1. The number of carbonyl (C=O) groups is 1. The number of rotatable bonds is 8. The van der Waals surface area contributed by atoms with E-state index in [0.29, 0.717) is 24.4 Å². The number of hydrogen-bond acceptors (Lipinski definition) is 6. The van der Waals surface area contributed by atoms with Crippen molar-refractivity contribution in [2.24, 2.45) is 0 Å². The maximum atomic E-state index is 14.3. The number of pyridine rings is 2. The molecule has 5 rings (SSSR count). The quantitative estimate of drug-likeness (QED) is 0.431. The number of aromatic nitrogens is 2. The number of nitrogens with zero attached hydrogens (tertiary/aromatic N) is 4. The third-order valence-electron chi connectivity index (χ3n) is 7.86. The number of amides is 1. The van der Waals surface area contributed by atoms with Gasteiger partial charge in [0.2, 0.25) is 5.91 Å². The molecular formula is C31H36F2N4O3. The fourth-order valence-corrected chi connectivity index (χ4v) is 5.82. The van der Waals surface area contributed by atoms with E-state index in [4.69, 9.17) is 4.74 Å². The number of likely N-dealkylation sites (tertiary alicyclic amines) is 1. The maximum Gasteiger partial charge on any atom is 0.223 e. The fraction of sp³-hybridized carbons (Fsp3) is 0.452. The Morgan fingerprint density at radius 2 is 1.93 bits per heavy atom. The Labute approximate surface area is 233 Å². The second-order valence-electron chi connectivity index (χ2n) is 11.4. The van der Waals surface area contributed by atoms with Gasteiger partial charge in [0, 0.05) is 56.8 Å². The van der Waals surface area contributed by atoms with E-state index in [-0.39, 0.29) is 24.5 Å². The minimum atomic E-state index is -1.20. The average molecular weight is 551 g/mol. The molecule has 0 aliphatic carbocycles. The first-order valence-electron chi connectivity index (χ1n) is 13.8. The van der Waals surface area contributed by atoms with Gasteiger partial charge in [0.05, 0.1) is 29.5 Å². The van der Waals surface area contributed by atoms with Crippen LogP contribution < -0.4 is 0 Å². The minimum Gasteiger partial charge on any atom is -0.389 e. The zero-order valence-corrected chi connectivity index (χ0v) is 23.2. The highest BCUT2D eigenvalue weighted by atomic mass is 19.2. The van der Waals surface area contributed by atoms with Gasteiger partial charge in [-0.1, -0.05) is 19.1 Å². The summed E-state index contributed by atoms with van der Waals surface area (Å²) in [5, 5.41) is 10.6. The van der Waals surface area contributed by atoms with Crippen molar-refractivity contribution in [3.8, 4) is 0 Å². The monoisotopic (exact) mass is 550 g/mol. The summed E-state index contributed by atoms with van der Waals surface area (Å²) in [7, 11) is 0. The molecule has 0 saturated carbocycles. The van der Waals surface area contributed by atoms with Gasteiger partial charge in [0.1, 0.15) is 0 Å². The third-order valence-corrected chi connectivity index (χ3v) is 7.86. The van der Waals surface area contributed by atoms with Crippen LogP contribution in [-0.4, -0.2) is 56.0 Å². The topological polar surface area (TPSA) is 78.8 Å². The Balaban J connectivity index is 1.35. The van der Waals surface area contributed by atoms with Crippen molar-refractivity contribution in [3.63, 3.8) is 0 Å². The van der Waals surface area contributed by atoms with Crippen LogP contribution in [0.25, 0.3) is 0 Å². The molecule has 1 atom stereocenters. The molecule has 3 aromatic rings. The van der Waals surface area contributed by atoms with Gasteiger partial charge in [-0.25, -0.2) is 8.78 Å². The van der Waals surface area contributed by atoms with Crippen molar-refractivity contribution < 1.29 is 23.4 Å². The molecular weight excluding hydrogens is 514 g/mol. The average Bonchev–Trinajstić information content (AvgIpc) is 3.29. The van der Waals surface area contributed by atoms with E-state index in [2.05, 4.69) is 14.9 Å². The molecule has 7 nitrogen and oxygen atoms in total. The predicted molar refractivity (Wildman–Crippen MR) is 146 cm³/mol. The molecule has 212 valence electrons. The molecule has 2 aromatic heterocycles. The molecule has 40 heavy (non-hydrogen) atoms. The highest BCUT2D eigenvalue weighted by Gasteiger charge is 2.42. The van der Waals surface area contributed by atoms with E-state index in [1.54, 1.807) is 27.0 Å². The summed E-state index contributed by atoms with van der Waals surface area (Å²) in [6, 6.07) is 8.65. The summed E-state index contributed by atoms with van der Waals surface area (Å²) < 4.78 is 34.3. The van der Waals surface area contributed by atoms with Crippen molar-refractivity contribution in [2.45, 2.75) is 70.4 Å². The molecule has 1 fully saturated rings. The van der Waals surface area contributed by atoms with E-state index in [1.165, 1.54) is 22.1 Å². The number of carbonyl (C=O) groups excluding carboxylic acids is 1. The number of benzene rings is 1. The predicted octanol–water partition coefficient (Wildman–Crippen LogP) is 4.88. The zero-order valence-electron chi connectivity index (χ0n) is 23.2. The smallest absolute Gasteiger partial charge is 0.223 e. The van der Waals surface area contributed by atoms with Gasteiger partial charge in [-0.2, -0.15) is 0 Å². The molecule has 1 aromatic carbocycles. The zero-order chi connectivity index (χ0) is 28.5. The Bertz CT molecular complexity index is 1350. The lowest BCUT2D eigenvalue weighted by atomic mass is 9.84.